The van der Waals surface area contributed by atoms with E-state index in [2.05, 4.69) is 144 Å². The molecule has 3 aromatic rings. The maximum atomic E-state index is 3.26. The maximum absolute atomic E-state index is 3.26. The summed E-state index contributed by atoms with van der Waals surface area (Å²) in [4.78, 5) is 0. The number of benzene rings is 2. The van der Waals surface area contributed by atoms with Gasteiger partial charge in [-0.25, -0.2) is 6.08 Å². The molecule has 0 saturated heterocycles. The minimum atomic E-state index is 0. The predicted molar refractivity (Wildman–Crippen MR) is 155 cm³/mol. The zero-order valence-corrected chi connectivity index (χ0v) is 29.0. The molecule has 0 N–H and O–H groups in total. The fourth-order valence-corrected chi connectivity index (χ4v) is 3.98. The van der Waals surface area contributed by atoms with E-state index in [9.17, 15) is 0 Å². The zero-order valence-electron chi connectivity index (χ0n) is 25.0. The first kappa shape index (κ1) is 36.1. The average Bonchev–Trinajstić information content (AvgIpc) is 3.29. The van der Waals surface area contributed by atoms with Gasteiger partial charge >= 0.3 is 41.3 Å². The number of hydrogen-bond donors (Lipinski definition) is 0. The molecule has 0 fully saturated rings. The van der Waals surface area contributed by atoms with Gasteiger partial charge in [0.2, 0.25) is 0 Å². The maximum Gasteiger partial charge on any atom is -1.00 e. The minimum Gasteiger partial charge on any atom is -1.00 e. The van der Waals surface area contributed by atoms with Crippen LogP contribution in [0.3, 0.4) is 0 Å². The standard InChI is InChI=1S/C21H25.C10H15.C3H6.2ClH.Zr/c1-20(2,3)16-9-7-14-11-15-8-10-17(21(4,5)6)13-19(15)18(14)12-16;1-8-5-6-9(7-8)10(2,3)4;1-3-2;;;/h7-13H,1-6H3;6-8H,1-4H3;1-2H3;2*1H;/q2*-1;;;;+2/p-2. The first-order valence-electron chi connectivity index (χ1n) is 12.9. The van der Waals surface area contributed by atoms with Crippen molar-refractivity contribution in [2.24, 2.45) is 11.3 Å². The summed E-state index contributed by atoms with van der Waals surface area (Å²) in [6.07, 6.45) is 7.65. The Hall–Kier alpha value is -0.877. The molecule has 3 heteroatoms. The Balaban J connectivity index is 0.000000684. The molecule has 0 nitrogen and oxygen atoms in total. The number of fused-ring (bicyclic) bond motifs is 3. The summed E-state index contributed by atoms with van der Waals surface area (Å²) >= 11 is 1.55. The van der Waals surface area contributed by atoms with Crippen molar-refractivity contribution in [1.29, 1.82) is 0 Å². The summed E-state index contributed by atoms with van der Waals surface area (Å²) in [7, 11) is 0. The molecule has 0 spiro atoms. The van der Waals surface area contributed by atoms with E-state index in [1.807, 2.05) is 0 Å². The van der Waals surface area contributed by atoms with Gasteiger partial charge < -0.3 is 24.8 Å². The van der Waals surface area contributed by atoms with Crippen molar-refractivity contribution in [2.75, 3.05) is 0 Å². The van der Waals surface area contributed by atoms with Gasteiger partial charge in [-0.05, 0) is 10.8 Å². The second-order valence-electron chi connectivity index (χ2n) is 13.2. The van der Waals surface area contributed by atoms with Gasteiger partial charge in [-0.1, -0.05) is 116 Å². The van der Waals surface area contributed by atoms with E-state index in [0.717, 1.165) is 0 Å². The van der Waals surface area contributed by atoms with Crippen LogP contribution < -0.4 is 24.8 Å². The molecule has 3 aromatic carbocycles. The van der Waals surface area contributed by atoms with Crippen LogP contribution in [0.15, 0.2) is 60.2 Å². The summed E-state index contributed by atoms with van der Waals surface area (Å²) in [5.74, 6) is 0.522. The molecule has 1 atom stereocenters. The van der Waals surface area contributed by atoms with Gasteiger partial charge in [-0.2, -0.15) is 11.6 Å². The van der Waals surface area contributed by atoms with Crippen LogP contribution in [0.4, 0.5) is 0 Å². The minimum absolute atomic E-state index is 0. The van der Waals surface area contributed by atoms with E-state index in [1.54, 1.807) is 24.2 Å². The second kappa shape index (κ2) is 14.0. The first-order chi connectivity index (χ1) is 15.9. The molecular formula is C34H46Cl2Zr-2. The third-order valence-corrected chi connectivity index (χ3v) is 6.24. The van der Waals surface area contributed by atoms with Gasteiger partial charge in [0.1, 0.15) is 0 Å². The van der Waals surface area contributed by atoms with E-state index in [0.29, 0.717) is 11.3 Å². The molecule has 1 aliphatic rings. The molecule has 0 heterocycles. The monoisotopic (exact) mass is 614 g/mol. The fraction of sp³-hybridized carbons (Fsp3) is 0.471. The smallest absolute Gasteiger partial charge is 1.00 e. The quantitative estimate of drug-likeness (QED) is 0.335. The summed E-state index contributed by atoms with van der Waals surface area (Å²) in [6, 6.07) is 16.1. The molecule has 0 amide bonds. The zero-order chi connectivity index (χ0) is 26.8. The van der Waals surface area contributed by atoms with E-state index >= 15 is 0 Å². The Morgan fingerprint density at radius 1 is 0.730 bits per heavy atom. The summed E-state index contributed by atoms with van der Waals surface area (Å²) < 4.78 is 1.51. The second-order valence-corrected chi connectivity index (χ2v) is 15.7. The molecule has 1 aliphatic carbocycles. The summed E-state index contributed by atoms with van der Waals surface area (Å²) in [6.45, 7) is 26.8. The summed E-state index contributed by atoms with van der Waals surface area (Å²) in [5, 5.41) is 5.49. The number of rotatable bonds is 0. The van der Waals surface area contributed by atoms with Crippen molar-refractivity contribution in [3.63, 3.8) is 0 Å². The molecule has 0 saturated carbocycles. The van der Waals surface area contributed by atoms with Crippen molar-refractivity contribution in [2.45, 2.75) is 93.9 Å². The fourth-order valence-electron chi connectivity index (χ4n) is 3.98. The van der Waals surface area contributed by atoms with Gasteiger partial charge in [0.05, 0.1) is 0 Å². The van der Waals surface area contributed by atoms with Gasteiger partial charge in [0.15, 0.2) is 0 Å². The van der Waals surface area contributed by atoms with Crippen LogP contribution in [-0.4, -0.2) is 3.21 Å². The van der Waals surface area contributed by atoms with E-state index in [-0.39, 0.29) is 35.6 Å². The predicted octanol–water partition coefficient (Wildman–Crippen LogP) is 4.03. The third-order valence-electron chi connectivity index (χ3n) is 6.24. The molecule has 202 valence electrons. The first-order valence-corrected chi connectivity index (χ1v) is 14.1. The largest absolute Gasteiger partial charge is 1.00 e. The van der Waals surface area contributed by atoms with Crippen molar-refractivity contribution in [3.05, 3.63) is 77.4 Å². The Morgan fingerprint density at radius 2 is 1.11 bits per heavy atom. The van der Waals surface area contributed by atoms with Gasteiger partial charge in [-0.3, -0.25) is 6.08 Å². The Bertz CT molecular complexity index is 1160. The molecule has 4 rings (SSSR count). The van der Waals surface area contributed by atoms with E-state index < -0.39 is 0 Å². The Kier molecular flexibility index (Phi) is 13.6. The van der Waals surface area contributed by atoms with Crippen LogP contribution in [0.25, 0.3) is 21.5 Å². The van der Waals surface area contributed by atoms with E-state index in [4.69, 9.17) is 0 Å². The normalized spacial score (nSPS) is 15.1. The van der Waals surface area contributed by atoms with Gasteiger partial charge in [-0.15, -0.1) is 39.7 Å². The summed E-state index contributed by atoms with van der Waals surface area (Å²) in [5.41, 5.74) is 4.92. The molecule has 0 aliphatic heterocycles. The van der Waals surface area contributed by atoms with Gasteiger partial charge in [0, 0.05) is 0 Å². The van der Waals surface area contributed by atoms with Crippen molar-refractivity contribution >= 4 is 24.8 Å². The third kappa shape index (κ3) is 10.7. The SMILES string of the molecule is CC(C)(C)c1ccc2[cH-]c3ccc(C(C)(C)C)cc3c2c1.CC1[C-]=CC(C(C)(C)C)=C1.C[C](C)=[Zr+2].[Cl-].[Cl-]. The van der Waals surface area contributed by atoms with Gasteiger partial charge in [0.25, 0.3) is 0 Å². The topological polar surface area (TPSA) is 0 Å². The van der Waals surface area contributed by atoms with Crippen LogP contribution in [0.1, 0.15) is 94.2 Å². The molecule has 0 bridgehead atoms. The molecule has 1 unspecified atom stereocenters. The van der Waals surface area contributed by atoms with Crippen LogP contribution in [-0.2, 0) is 35.1 Å². The van der Waals surface area contributed by atoms with Crippen LogP contribution in [0, 0.1) is 17.4 Å². The molecular weight excluding hydrogens is 571 g/mol. The average molecular weight is 617 g/mol. The molecule has 37 heavy (non-hydrogen) atoms. The van der Waals surface area contributed by atoms with Crippen LogP contribution in [0.5, 0.6) is 0 Å². The van der Waals surface area contributed by atoms with Crippen LogP contribution >= 0.6 is 0 Å². The number of halogens is 2. The Morgan fingerprint density at radius 3 is 1.35 bits per heavy atom. The van der Waals surface area contributed by atoms with Crippen molar-refractivity contribution in [1.82, 2.24) is 0 Å². The molecule has 0 radical (unpaired) electrons. The van der Waals surface area contributed by atoms with Crippen molar-refractivity contribution in [3.8, 4) is 0 Å². The van der Waals surface area contributed by atoms with Crippen LogP contribution in [0.2, 0.25) is 0 Å². The Labute approximate surface area is 254 Å². The van der Waals surface area contributed by atoms with Crippen molar-refractivity contribution < 1.29 is 49.0 Å². The number of hydrogen-bond acceptors (Lipinski definition) is 0. The number of allylic oxidation sites excluding steroid dienone is 4. The van der Waals surface area contributed by atoms with E-state index in [1.165, 1.54) is 41.5 Å². The molecule has 0 aromatic heterocycles.